The second kappa shape index (κ2) is 7.23. The smallest absolute Gasteiger partial charge is 0.321 e. The second-order valence-electron chi connectivity index (χ2n) is 5.52. The average molecular weight is 417 g/mol. The summed E-state index contributed by atoms with van der Waals surface area (Å²) < 4.78 is 77.3. The van der Waals surface area contributed by atoms with E-state index in [2.05, 4.69) is 9.97 Å². The largest absolute Gasteiger partial charge is 0.416 e. The summed E-state index contributed by atoms with van der Waals surface area (Å²) in [4.78, 5) is 20.1. The minimum Gasteiger partial charge on any atom is -0.321 e. The molecule has 0 unspecified atom stereocenters. The van der Waals surface area contributed by atoms with E-state index in [4.69, 9.17) is 0 Å². The first-order chi connectivity index (χ1) is 13.0. The first-order valence-corrected chi connectivity index (χ1v) is 8.39. The SMILES string of the molecule is O=C(Nc1cc(C(F)(F)F)cc(C(F)(F)F)c1)c1csc(-c2ccncc2)n1. The molecular formula is C17H9F6N3OS. The molecule has 0 aliphatic rings. The molecule has 0 spiro atoms. The quantitative estimate of drug-likeness (QED) is 0.573. The van der Waals surface area contributed by atoms with Crippen molar-refractivity contribution in [2.45, 2.75) is 12.4 Å². The summed E-state index contributed by atoms with van der Waals surface area (Å²) in [5.74, 6) is -0.927. The Morgan fingerprint density at radius 1 is 0.929 bits per heavy atom. The predicted octanol–water partition coefficient (Wildman–Crippen LogP) is 5.50. The van der Waals surface area contributed by atoms with E-state index in [1.54, 1.807) is 12.1 Å². The van der Waals surface area contributed by atoms with Gasteiger partial charge in [-0.15, -0.1) is 11.3 Å². The highest BCUT2D eigenvalue weighted by molar-refractivity contribution is 7.13. The maximum absolute atomic E-state index is 12.9. The van der Waals surface area contributed by atoms with Gasteiger partial charge in [-0.25, -0.2) is 4.98 Å². The van der Waals surface area contributed by atoms with Crippen LogP contribution in [0.2, 0.25) is 0 Å². The molecule has 1 amide bonds. The number of benzene rings is 1. The lowest BCUT2D eigenvalue weighted by Crippen LogP contribution is -2.16. The molecule has 1 aromatic carbocycles. The van der Waals surface area contributed by atoms with Crippen LogP contribution in [-0.4, -0.2) is 15.9 Å². The molecule has 3 aromatic rings. The van der Waals surface area contributed by atoms with Gasteiger partial charge < -0.3 is 5.32 Å². The fourth-order valence-electron chi connectivity index (χ4n) is 2.23. The topological polar surface area (TPSA) is 54.9 Å². The van der Waals surface area contributed by atoms with Crippen LogP contribution in [0.25, 0.3) is 10.6 Å². The summed E-state index contributed by atoms with van der Waals surface area (Å²) >= 11 is 1.10. The fourth-order valence-corrected chi connectivity index (χ4v) is 3.03. The van der Waals surface area contributed by atoms with E-state index < -0.39 is 35.1 Å². The number of hydrogen-bond donors (Lipinski definition) is 1. The van der Waals surface area contributed by atoms with Crippen LogP contribution < -0.4 is 5.32 Å². The number of amides is 1. The van der Waals surface area contributed by atoms with E-state index in [9.17, 15) is 31.1 Å². The summed E-state index contributed by atoms with van der Waals surface area (Å²) in [5, 5.41) is 3.84. The zero-order valence-electron chi connectivity index (χ0n) is 13.6. The molecule has 0 radical (unpaired) electrons. The molecule has 11 heteroatoms. The number of nitrogens with one attached hydrogen (secondary N) is 1. The predicted molar refractivity (Wildman–Crippen MR) is 89.7 cm³/mol. The molecular weight excluding hydrogens is 408 g/mol. The van der Waals surface area contributed by atoms with Gasteiger partial charge in [0, 0.05) is 29.0 Å². The maximum Gasteiger partial charge on any atom is 0.416 e. The third-order valence-corrected chi connectivity index (χ3v) is 4.40. The van der Waals surface area contributed by atoms with Gasteiger partial charge in [0.2, 0.25) is 0 Å². The van der Waals surface area contributed by atoms with E-state index in [0.717, 1.165) is 11.3 Å². The molecule has 146 valence electrons. The average Bonchev–Trinajstić information content (AvgIpc) is 3.11. The van der Waals surface area contributed by atoms with Crippen molar-refractivity contribution in [3.63, 3.8) is 0 Å². The van der Waals surface area contributed by atoms with Gasteiger partial charge >= 0.3 is 12.4 Å². The number of carbonyl (C=O) groups excluding carboxylic acids is 1. The van der Waals surface area contributed by atoms with E-state index >= 15 is 0 Å². The number of halogens is 6. The Hall–Kier alpha value is -2.95. The van der Waals surface area contributed by atoms with Crippen LogP contribution in [0.3, 0.4) is 0 Å². The lowest BCUT2D eigenvalue weighted by Gasteiger charge is -2.14. The van der Waals surface area contributed by atoms with Crippen molar-refractivity contribution in [1.82, 2.24) is 9.97 Å². The number of nitrogens with zero attached hydrogens (tertiary/aromatic N) is 2. The zero-order valence-corrected chi connectivity index (χ0v) is 14.4. The maximum atomic E-state index is 12.9. The number of thiazole rings is 1. The van der Waals surface area contributed by atoms with Crippen molar-refractivity contribution >= 4 is 22.9 Å². The van der Waals surface area contributed by atoms with Crippen LogP contribution in [0.5, 0.6) is 0 Å². The molecule has 0 aliphatic heterocycles. The Morgan fingerprint density at radius 3 is 2.04 bits per heavy atom. The Morgan fingerprint density at radius 2 is 1.50 bits per heavy atom. The molecule has 2 aromatic heterocycles. The van der Waals surface area contributed by atoms with Crippen LogP contribution in [0.15, 0.2) is 48.1 Å². The van der Waals surface area contributed by atoms with Crippen molar-refractivity contribution in [3.05, 3.63) is 64.9 Å². The number of pyridine rings is 1. The normalized spacial score (nSPS) is 12.1. The molecule has 0 atom stereocenters. The van der Waals surface area contributed by atoms with Crippen molar-refractivity contribution in [2.75, 3.05) is 5.32 Å². The van der Waals surface area contributed by atoms with Crippen molar-refractivity contribution < 1.29 is 31.1 Å². The Labute approximate surface area is 157 Å². The molecule has 3 rings (SSSR count). The number of alkyl halides is 6. The summed E-state index contributed by atoms with van der Waals surface area (Å²) in [7, 11) is 0. The van der Waals surface area contributed by atoms with E-state index in [0.29, 0.717) is 22.7 Å². The van der Waals surface area contributed by atoms with Gasteiger partial charge in [-0.1, -0.05) is 0 Å². The lowest BCUT2D eigenvalue weighted by atomic mass is 10.1. The van der Waals surface area contributed by atoms with Crippen molar-refractivity contribution in [3.8, 4) is 10.6 Å². The molecule has 1 N–H and O–H groups in total. The van der Waals surface area contributed by atoms with Crippen LogP contribution in [0, 0.1) is 0 Å². The molecule has 0 saturated carbocycles. The highest BCUT2D eigenvalue weighted by Crippen LogP contribution is 2.37. The van der Waals surface area contributed by atoms with Gasteiger partial charge in [-0.3, -0.25) is 9.78 Å². The van der Waals surface area contributed by atoms with Gasteiger partial charge in [0.15, 0.2) is 0 Å². The number of anilines is 1. The number of hydrogen-bond acceptors (Lipinski definition) is 4. The summed E-state index contributed by atoms with van der Waals surface area (Å²) in [6.07, 6.45) is -6.98. The van der Waals surface area contributed by atoms with Gasteiger partial charge in [0.1, 0.15) is 10.7 Å². The van der Waals surface area contributed by atoms with E-state index in [1.807, 2.05) is 5.32 Å². The summed E-state index contributed by atoms with van der Waals surface area (Å²) in [5.41, 5.74) is -3.15. The highest BCUT2D eigenvalue weighted by Gasteiger charge is 2.37. The number of carbonyl (C=O) groups is 1. The molecule has 0 fully saturated rings. The molecule has 0 bridgehead atoms. The number of aromatic nitrogens is 2. The standard InChI is InChI=1S/C17H9F6N3OS/c18-16(19,20)10-5-11(17(21,22)23)7-12(6-10)25-14(27)13-8-28-15(26-13)9-1-3-24-4-2-9/h1-8H,(H,25,27). The van der Waals surface area contributed by atoms with Crippen LogP contribution in [0.4, 0.5) is 32.0 Å². The molecule has 2 heterocycles. The van der Waals surface area contributed by atoms with Gasteiger partial charge in [0.05, 0.1) is 11.1 Å². The monoisotopic (exact) mass is 417 g/mol. The number of rotatable bonds is 3. The first-order valence-electron chi connectivity index (χ1n) is 7.51. The van der Waals surface area contributed by atoms with Gasteiger partial charge in [-0.2, -0.15) is 26.3 Å². The van der Waals surface area contributed by atoms with E-state index in [1.165, 1.54) is 17.8 Å². The zero-order chi connectivity index (χ0) is 20.5. The minimum atomic E-state index is -5.00. The summed E-state index contributed by atoms with van der Waals surface area (Å²) in [6, 6.07) is 4.14. The molecule has 0 aliphatic carbocycles. The summed E-state index contributed by atoms with van der Waals surface area (Å²) in [6.45, 7) is 0. The van der Waals surface area contributed by atoms with Crippen molar-refractivity contribution in [2.24, 2.45) is 0 Å². The van der Waals surface area contributed by atoms with Crippen molar-refractivity contribution in [1.29, 1.82) is 0 Å². The molecule has 0 saturated heterocycles. The first kappa shape index (κ1) is 19.8. The highest BCUT2D eigenvalue weighted by atomic mass is 32.1. The van der Waals surface area contributed by atoms with Crippen LogP contribution in [-0.2, 0) is 12.4 Å². The Bertz CT molecular complexity index is 966. The third kappa shape index (κ3) is 4.47. The van der Waals surface area contributed by atoms with Crippen LogP contribution in [0.1, 0.15) is 21.6 Å². The molecule has 28 heavy (non-hydrogen) atoms. The third-order valence-electron chi connectivity index (χ3n) is 3.51. The van der Waals surface area contributed by atoms with Crippen LogP contribution >= 0.6 is 11.3 Å². The Balaban J connectivity index is 1.89. The molecule has 4 nitrogen and oxygen atoms in total. The minimum absolute atomic E-state index is 0.0138. The van der Waals surface area contributed by atoms with E-state index in [-0.39, 0.29) is 11.8 Å². The lowest BCUT2D eigenvalue weighted by molar-refractivity contribution is -0.143. The second-order valence-corrected chi connectivity index (χ2v) is 6.38. The Kier molecular flexibility index (Phi) is 5.11. The fraction of sp³-hybridized carbons (Fsp3) is 0.118. The van der Waals surface area contributed by atoms with Gasteiger partial charge in [-0.05, 0) is 30.3 Å². The van der Waals surface area contributed by atoms with Gasteiger partial charge in [0.25, 0.3) is 5.91 Å².